The molecule has 2 aromatic rings. The van der Waals surface area contributed by atoms with Crippen molar-refractivity contribution in [3.8, 4) is 0 Å². The van der Waals surface area contributed by atoms with E-state index in [-0.39, 0.29) is 5.92 Å². The maximum absolute atomic E-state index is 13.9. The fourth-order valence-electron chi connectivity index (χ4n) is 2.89. The van der Waals surface area contributed by atoms with E-state index in [1.807, 2.05) is 6.07 Å². The van der Waals surface area contributed by atoms with Gasteiger partial charge in [0.2, 0.25) is 0 Å². The molecule has 1 aliphatic rings. The molecule has 3 rings (SSSR count). The summed E-state index contributed by atoms with van der Waals surface area (Å²) < 4.78 is 27.3. The van der Waals surface area contributed by atoms with E-state index < -0.39 is 17.7 Å². The van der Waals surface area contributed by atoms with Crippen LogP contribution in [0.25, 0.3) is 0 Å². The fourth-order valence-corrected chi connectivity index (χ4v) is 2.89. The number of pyridine rings is 1. The second-order valence-electron chi connectivity index (χ2n) is 5.19. The van der Waals surface area contributed by atoms with Gasteiger partial charge in [0, 0.05) is 6.20 Å². The Morgan fingerprint density at radius 1 is 1.10 bits per heavy atom. The first kappa shape index (κ1) is 13.2. The van der Waals surface area contributed by atoms with Crippen LogP contribution in [-0.2, 0) is 6.42 Å². The summed E-state index contributed by atoms with van der Waals surface area (Å²) in [5, 5.41) is 10.1. The summed E-state index contributed by atoms with van der Waals surface area (Å²) in [4.78, 5) is 4.21. The Morgan fingerprint density at radius 3 is 2.80 bits per heavy atom. The number of aliphatic hydroxyl groups is 1. The van der Waals surface area contributed by atoms with Gasteiger partial charge in [0.25, 0.3) is 0 Å². The molecule has 0 radical (unpaired) electrons. The number of aliphatic hydroxyl groups excluding tert-OH is 1. The molecule has 2 nitrogen and oxygen atoms in total. The minimum Gasteiger partial charge on any atom is -0.387 e. The molecule has 0 spiro atoms. The van der Waals surface area contributed by atoms with E-state index in [1.165, 1.54) is 6.07 Å². The van der Waals surface area contributed by atoms with Gasteiger partial charge in [-0.25, -0.2) is 8.78 Å². The molecule has 0 amide bonds. The summed E-state index contributed by atoms with van der Waals surface area (Å²) >= 11 is 0. The Bertz CT molecular complexity index is 630. The van der Waals surface area contributed by atoms with Gasteiger partial charge in [-0.3, -0.25) is 4.98 Å². The van der Waals surface area contributed by atoms with Gasteiger partial charge >= 0.3 is 0 Å². The van der Waals surface area contributed by atoms with Crippen LogP contribution in [0.2, 0.25) is 0 Å². The van der Waals surface area contributed by atoms with Crippen molar-refractivity contribution in [1.82, 2.24) is 4.98 Å². The lowest BCUT2D eigenvalue weighted by atomic mass is 9.90. The van der Waals surface area contributed by atoms with E-state index in [1.54, 1.807) is 18.3 Å². The molecule has 20 heavy (non-hydrogen) atoms. The number of halogens is 2. The molecule has 0 bridgehead atoms. The quantitative estimate of drug-likeness (QED) is 0.808. The van der Waals surface area contributed by atoms with Crippen molar-refractivity contribution in [3.05, 3.63) is 65.0 Å². The minimum absolute atomic E-state index is 0.134. The molecular weight excluding hydrogens is 260 g/mol. The van der Waals surface area contributed by atoms with Gasteiger partial charge in [0.1, 0.15) is 0 Å². The molecule has 1 N–H and O–H groups in total. The van der Waals surface area contributed by atoms with Gasteiger partial charge in [0.05, 0.1) is 11.8 Å². The molecule has 0 saturated carbocycles. The third kappa shape index (κ3) is 2.31. The van der Waals surface area contributed by atoms with Gasteiger partial charge in [0.15, 0.2) is 11.6 Å². The van der Waals surface area contributed by atoms with Crippen LogP contribution in [0.5, 0.6) is 0 Å². The Hall–Kier alpha value is -1.81. The number of rotatable bonds is 1. The number of hydrogen-bond acceptors (Lipinski definition) is 2. The summed E-state index contributed by atoms with van der Waals surface area (Å²) in [6, 6.07) is 7.97. The summed E-state index contributed by atoms with van der Waals surface area (Å²) in [6.45, 7) is 0. The van der Waals surface area contributed by atoms with E-state index in [0.29, 0.717) is 30.5 Å². The number of fused-ring (bicyclic) bond motifs is 1. The van der Waals surface area contributed by atoms with Crippen molar-refractivity contribution >= 4 is 0 Å². The largest absolute Gasteiger partial charge is 0.387 e. The van der Waals surface area contributed by atoms with Crippen LogP contribution < -0.4 is 0 Å². The summed E-state index contributed by atoms with van der Waals surface area (Å²) in [7, 11) is 0. The van der Waals surface area contributed by atoms with Crippen LogP contribution in [0, 0.1) is 11.6 Å². The first-order valence-electron chi connectivity index (χ1n) is 6.72. The molecule has 1 aromatic carbocycles. The third-order valence-corrected chi connectivity index (χ3v) is 3.92. The Balaban J connectivity index is 1.99. The van der Waals surface area contributed by atoms with Crippen LogP contribution in [0.4, 0.5) is 8.78 Å². The topological polar surface area (TPSA) is 33.1 Å². The molecule has 0 fully saturated rings. The van der Waals surface area contributed by atoms with Crippen LogP contribution >= 0.6 is 0 Å². The maximum atomic E-state index is 13.9. The standard InChI is InChI=1S/C16H15F2NO/c17-13-5-1-4-12(15(13)18)10-6-7-14(20)16-11(9-10)3-2-8-19-16/h1-5,8,10,14,20H,6-7,9H2/t10?,14-/m1/s1. The number of benzene rings is 1. The molecular formula is C16H15F2NO. The predicted molar refractivity (Wildman–Crippen MR) is 71.2 cm³/mol. The van der Waals surface area contributed by atoms with E-state index in [0.717, 1.165) is 11.6 Å². The van der Waals surface area contributed by atoms with Crippen molar-refractivity contribution in [3.63, 3.8) is 0 Å². The molecule has 4 heteroatoms. The average molecular weight is 275 g/mol. The Kier molecular flexibility index (Phi) is 3.49. The van der Waals surface area contributed by atoms with Crippen LogP contribution in [0.3, 0.4) is 0 Å². The monoisotopic (exact) mass is 275 g/mol. The molecule has 0 saturated heterocycles. The van der Waals surface area contributed by atoms with Gasteiger partial charge in [-0.2, -0.15) is 0 Å². The molecule has 1 aromatic heterocycles. The van der Waals surface area contributed by atoms with E-state index >= 15 is 0 Å². The normalized spacial score (nSPS) is 22.1. The van der Waals surface area contributed by atoms with Crippen LogP contribution in [0.1, 0.15) is 41.7 Å². The highest BCUT2D eigenvalue weighted by molar-refractivity contribution is 5.30. The van der Waals surface area contributed by atoms with E-state index in [4.69, 9.17) is 0 Å². The second-order valence-corrected chi connectivity index (χ2v) is 5.19. The minimum atomic E-state index is -0.821. The molecule has 2 atom stereocenters. The van der Waals surface area contributed by atoms with Crippen LogP contribution in [-0.4, -0.2) is 10.1 Å². The van der Waals surface area contributed by atoms with Gasteiger partial charge in [-0.15, -0.1) is 0 Å². The Morgan fingerprint density at radius 2 is 1.95 bits per heavy atom. The van der Waals surface area contributed by atoms with Crippen molar-refractivity contribution in [2.45, 2.75) is 31.3 Å². The maximum Gasteiger partial charge on any atom is 0.162 e. The average Bonchev–Trinajstić information content (AvgIpc) is 2.62. The lowest BCUT2D eigenvalue weighted by Gasteiger charge is -2.16. The molecule has 104 valence electrons. The summed E-state index contributed by atoms with van der Waals surface area (Å²) in [6.07, 6.45) is 2.70. The van der Waals surface area contributed by atoms with Gasteiger partial charge < -0.3 is 5.11 Å². The highest BCUT2D eigenvalue weighted by atomic mass is 19.2. The first-order valence-corrected chi connectivity index (χ1v) is 6.72. The van der Waals surface area contributed by atoms with Crippen molar-refractivity contribution in [2.24, 2.45) is 0 Å². The van der Waals surface area contributed by atoms with E-state index in [9.17, 15) is 13.9 Å². The van der Waals surface area contributed by atoms with Crippen molar-refractivity contribution < 1.29 is 13.9 Å². The lowest BCUT2D eigenvalue weighted by molar-refractivity contribution is 0.160. The van der Waals surface area contributed by atoms with Crippen molar-refractivity contribution in [1.29, 1.82) is 0 Å². The number of nitrogens with zero attached hydrogens (tertiary/aromatic N) is 1. The lowest BCUT2D eigenvalue weighted by Crippen LogP contribution is -2.06. The summed E-state index contributed by atoms with van der Waals surface area (Å²) in [5.74, 6) is -1.73. The molecule has 1 unspecified atom stereocenters. The zero-order chi connectivity index (χ0) is 14.1. The first-order chi connectivity index (χ1) is 9.66. The highest BCUT2D eigenvalue weighted by Crippen LogP contribution is 2.36. The SMILES string of the molecule is O[C@@H]1CCC(c2cccc(F)c2F)Cc2cccnc21. The zero-order valence-corrected chi connectivity index (χ0v) is 10.9. The Labute approximate surface area is 116 Å². The predicted octanol–water partition coefficient (Wildman–Crippen LogP) is 3.51. The fraction of sp³-hybridized carbons (Fsp3) is 0.312. The zero-order valence-electron chi connectivity index (χ0n) is 10.9. The smallest absolute Gasteiger partial charge is 0.162 e. The number of aromatic nitrogens is 1. The van der Waals surface area contributed by atoms with Crippen molar-refractivity contribution in [2.75, 3.05) is 0 Å². The van der Waals surface area contributed by atoms with E-state index in [2.05, 4.69) is 4.98 Å². The van der Waals surface area contributed by atoms with Gasteiger partial charge in [-0.05, 0) is 48.4 Å². The molecule has 1 aliphatic carbocycles. The highest BCUT2D eigenvalue weighted by Gasteiger charge is 2.26. The molecule has 0 aliphatic heterocycles. The van der Waals surface area contributed by atoms with Crippen LogP contribution in [0.15, 0.2) is 36.5 Å². The second kappa shape index (κ2) is 5.29. The summed E-state index contributed by atoms with van der Waals surface area (Å²) in [5.41, 5.74) is 1.95. The number of hydrogen-bond donors (Lipinski definition) is 1. The third-order valence-electron chi connectivity index (χ3n) is 3.92. The molecule has 1 heterocycles. The van der Waals surface area contributed by atoms with Gasteiger partial charge in [-0.1, -0.05) is 18.2 Å².